The molecular formula is C25H26N4O4S2. The monoisotopic (exact) mass is 510 g/mol. The zero-order chi connectivity index (χ0) is 25.1. The van der Waals surface area contributed by atoms with Gasteiger partial charge in [-0.05, 0) is 75.3 Å². The highest BCUT2D eigenvalue weighted by atomic mass is 32.1. The highest BCUT2D eigenvalue weighted by Crippen LogP contribution is 2.23. The standard InChI is InChI=1S/C25H26N4O4S2/c1-4-33-17-8-5-15(6-9-17)11-12-26-22(30)16-7-10-18-19(13-16)29-21(28-23(18)31)20(35-25(29)34)24(32)27-14(2)3/h5-10,13-14H,4,11-12H2,1-3H3,(H,26,30)(H,27,32)(H,28,31). The largest absolute Gasteiger partial charge is 0.494 e. The number of benzene rings is 2. The number of carbonyl (C=O) groups excluding carboxylic acids is 2. The van der Waals surface area contributed by atoms with E-state index in [0.29, 0.717) is 50.5 Å². The molecule has 10 heteroatoms. The van der Waals surface area contributed by atoms with Crippen molar-refractivity contribution in [2.24, 2.45) is 0 Å². The fraction of sp³-hybridized carbons (Fsp3) is 0.280. The highest BCUT2D eigenvalue weighted by molar-refractivity contribution is 7.73. The third-order valence-corrected chi connectivity index (χ3v) is 6.72. The van der Waals surface area contributed by atoms with Crippen molar-refractivity contribution < 1.29 is 14.3 Å². The van der Waals surface area contributed by atoms with Crippen LogP contribution in [0.15, 0.2) is 47.3 Å². The van der Waals surface area contributed by atoms with Gasteiger partial charge in [0.25, 0.3) is 17.4 Å². The van der Waals surface area contributed by atoms with Crippen molar-refractivity contribution in [2.45, 2.75) is 33.2 Å². The molecule has 0 saturated heterocycles. The Morgan fingerprint density at radius 3 is 2.57 bits per heavy atom. The summed E-state index contributed by atoms with van der Waals surface area (Å²) < 4.78 is 7.50. The topological polar surface area (TPSA) is 105 Å². The summed E-state index contributed by atoms with van der Waals surface area (Å²) >= 11 is 6.62. The lowest BCUT2D eigenvalue weighted by atomic mass is 10.1. The van der Waals surface area contributed by atoms with Crippen molar-refractivity contribution in [3.63, 3.8) is 0 Å². The van der Waals surface area contributed by atoms with Crippen molar-refractivity contribution in [2.75, 3.05) is 13.2 Å². The molecule has 2 aromatic carbocycles. The summed E-state index contributed by atoms with van der Waals surface area (Å²) in [7, 11) is 0. The first-order chi connectivity index (χ1) is 16.8. The van der Waals surface area contributed by atoms with E-state index in [-0.39, 0.29) is 23.4 Å². The van der Waals surface area contributed by atoms with Crippen molar-refractivity contribution in [1.29, 1.82) is 0 Å². The maximum absolute atomic E-state index is 12.8. The number of hydrogen-bond donors (Lipinski definition) is 3. The van der Waals surface area contributed by atoms with E-state index >= 15 is 0 Å². The predicted octanol–water partition coefficient (Wildman–Crippen LogP) is 4.08. The maximum Gasteiger partial charge on any atom is 0.265 e. The Kier molecular flexibility index (Phi) is 7.32. The smallest absolute Gasteiger partial charge is 0.265 e. The molecule has 4 rings (SSSR count). The number of hydrogen-bond acceptors (Lipinski definition) is 6. The van der Waals surface area contributed by atoms with Crippen LogP contribution in [0.3, 0.4) is 0 Å². The van der Waals surface area contributed by atoms with E-state index < -0.39 is 0 Å². The van der Waals surface area contributed by atoms with Crippen molar-refractivity contribution in [3.05, 3.63) is 72.8 Å². The molecule has 0 aliphatic carbocycles. The normalized spacial score (nSPS) is 11.2. The zero-order valence-corrected chi connectivity index (χ0v) is 21.3. The lowest BCUT2D eigenvalue weighted by Crippen LogP contribution is -2.30. The van der Waals surface area contributed by atoms with Gasteiger partial charge in [-0.3, -0.25) is 18.8 Å². The van der Waals surface area contributed by atoms with Gasteiger partial charge in [0.1, 0.15) is 16.3 Å². The van der Waals surface area contributed by atoms with Gasteiger partial charge < -0.3 is 20.4 Å². The SMILES string of the molecule is CCOc1ccc(CCNC(=O)c2ccc3c(=O)[nH]c4c(C(=O)NC(C)C)sc(=S)n4c3c2)cc1. The van der Waals surface area contributed by atoms with Gasteiger partial charge in [0, 0.05) is 18.2 Å². The minimum Gasteiger partial charge on any atom is -0.494 e. The fourth-order valence-electron chi connectivity index (χ4n) is 3.75. The number of rotatable bonds is 8. The Labute approximate surface area is 210 Å². The van der Waals surface area contributed by atoms with Crippen LogP contribution in [0, 0.1) is 3.95 Å². The van der Waals surface area contributed by atoms with E-state index in [2.05, 4.69) is 15.6 Å². The van der Waals surface area contributed by atoms with Crippen molar-refractivity contribution in [3.8, 4) is 5.75 Å². The molecule has 0 aliphatic rings. The number of nitrogens with zero attached hydrogens (tertiary/aromatic N) is 1. The lowest BCUT2D eigenvalue weighted by molar-refractivity contribution is 0.0942. The summed E-state index contributed by atoms with van der Waals surface area (Å²) in [5.41, 5.74) is 1.93. The zero-order valence-electron chi connectivity index (χ0n) is 19.6. The number of aromatic nitrogens is 2. The van der Waals surface area contributed by atoms with Crippen molar-refractivity contribution in [1.82, 2.24) is 20.0 Å². The number of amides is 2. The number of fused-ring (bicyclic) bond motifs is 3. The van der Waals surface area contributed by atoms with Gasteiger partial charge in [0.2, 0.25) is 0 Å². The summed E-state index contributed by atoms with van der Waals surface area (Å²) in [6.45, 7) is 6.71. The van der Waals surface area contributed by atoms with Crippen LogP contribution in [0.4, 0.5) is 0 Å². The van der Waals surface area contributed by atoms with Crippen LogP contribution < -0.4 is 20.9 Å². The van der Waals surface area contributed by atoms with E-state index in [9.17, 15) is 14.4 Å². The second kappa shape index (κ2) is 10.4. The Morgan fingerprint density at radius 1 is 1.14 bits per heavy atom. The van der Waals surface area contributed by atoms with Gasteiger partial charge >= 0.3 is 0 Å². The molecule has 0 bridgehead atoms. The van der Waals surface area contributed by atoms with Gasteiger partial charge in [0.05, 0.1) is 17.5 Å². The molecule has 2 heterocycles. The van der Waals surface area contributed by atoms with Crippen LogP contribution in [-0.4, -0.2) is 40.4 Å². The lowest BCUT2D eigenvalue weighted by Gasteiger charge is -2.09. The van der Waals surface area contributed by atoms with Gasteiger partial charge in [-0.15, -0.1) is 0 Å². The average molecular weight is 511 g/mol. The molecule has 2 amide bonds. The Hall–Kier alpha value is -3.50. The van der Waals surface area contributed by atoms with Gasteiger partial charge in [-0.1, -0.05) is 23.5 Å². The van der Waals surface area contributed by atoms with E-state index in [1.54, 1.807) is 22.6 Å². The first-order valence-corrected chi connectivity index (χ1v) is 12.5. The number of thiazole rings is 1. The molecule has 8 nitrogen and oxygen atoms in total. The molecule has 0 radical (unpaired) electrons. The van der Waals surface area contributed by atoms with E-state index in [1.807, 2.05) is 45.0 Å². The molecular weight excluding hydrogens is 484 g/mol. The molecule has 182 valence electrons. The quantitative estimate of drug-likeness (QED) is 0.310. The average Bonchev–Trinajstić information content (AvgIpc) is 3.16. The molecule has 35 heavy (non-hydrogen) atoms. The minimum absolute atomic E-state index is 0.0664. The Morgan fingerprint density at radius 2 is 1.89 bits per heavy atom. The summed E-state index contributed by atoms with van der Waals surface area (Å²) in [6, 6.07) is 12.5. The summed E-state index contributed by atoms with van der Waals surface area (Å²) in [6.07, 6.45) is 0.666. The number of aromatic amines is 1. The molecule has 3 N–H and O–H groups in total. The van der Waals surface area contributed by atoms with Crippen LogP contribution in [0.25, 0.3) is 16.6 Å². The maximum atomic E-state index is 12.8. The molecule has 0 unspecified atom stereocenters. The second-order valence-corrected chi connectivity index (χ2v) is 9.92. The molecule has 0 saturated carbocycles. The molecule has 0 spiro atoms. The molecule has 0 atom stereocenters. The summed E-state index contributed by atoms with van der Waals surface area (Å²) in [5.74, 6) is 0.247. The van der Waals surface area contributed by atoms with Crippen LogP contribution in [0.5, 0.6) is 5.75 Å². The molecule has 4 aromatic rings. The molecule has 0 aliphatic heterocycles. The third kappa shape index (κ3) is 5.28. The van der Waals surface area contributed by atoms with Gasteiger partial charge in [-0.2, -0.15) is 0 Å². The van der Waals surface area contributed by atoms with Crippen LogP contribution in [0.2, 0.25) is 0 Å². The number of carbonyl (C=O) groups is 2. The van der Waals surface area contributed by atoms with Gasteiger partial charge in [-0.25, -0.2) is 0 Å². The summed E-state index contributed by atoms with van der Waals surface area (Å²) in [4.78, 5) is 41.3. The Balaban J connectivity index is 1.59. The molecule has 0 fully saturated rings. The van der Waals surface area contributed by atoms with Crippen molar-refractivity contribution >= 4 is 51.9 Å². The second-order valence-electron chi connectivity index (χ2n) is 8.28. The number of H-pyrrole nitrogens is 1. The fourth-order valence-corrected chi connectivity index (χ4v) is 5.04. The van der Waals surface area contributed by atoms with Crippen LogP contribution in [-0.2, 0) is 6.42 Å². The van der Waals surface area contributed by atoms with E-state index in [4.69, 9.17) is 17.0 Å². The van der Waals surface area contributed by atoms with E-state index in [0.717, 1.165) is 22.6 Å². The first-order valence-electron chi connectivity index (χ1n) is 11.3. The van der Waals surface area contributed by atoms with Gasteiger partial charge in [0.15, 0.2) is 3.95 Å². The third-order valence-electron chi connectivity index (χ3n) is 5.35. The van der Waals surface area contributed by atoms with Crippen LogP contribution in [0.1, 0.15) is 46.4 Å². The minimum atomic E-state index is -0.353. The number of nitrogens with one attached hydrogen (secondary N) is 3. The van der Waals surface area contributed by atoms with E-state index in [1.165, 1.54) is 0 Å². The first kappa shape index (κ1) is 24.6. The predicted molar refractivity (Wildman–Crippen MR) is 140 cm³/mol. The highest BCUT2D eigenvalue weighted by Gasteiger charge is 2.19. The van der Waals surface area contributed by atoms with Crippen LogP contribution >= 0.6 is 23.6 Å². The molecule has 2 aromatic heterocycles. The number of ether oxygens (including phenoxy) is 1. The summed E-state index contributed by atoms with van der Waals surface area (Å²) in [5, 5.41) is 6.13. The Bertz CT molecular complexity index is 1520.